The van der Waals surface area contributed by atoms with E-state index in [2.05, 4.69) is 15.6 Å². The molecule has 3 amide bonds. The molecule has 0 aliphatic rings. The molecule has 2 aromatic carbocycles. The molecular formula is C36H46F3N7O7. The van der Waals surface area contributed by atoms with Crippen LogP contribution in [0.5, 0.6) is 11.5 Å². The van der Waals surface area contributed by atoms with E-state index in [1.807, 2.05) is 0 Å². The first-order chi connectivity index (χ1) is 24.7. The van der Waals surface area contributed by atoms with Gasteiger partial charge in [-0.15, -0.1) is 0 Å². The lowest BCUT2D eigenvalue weighted by Gasteiger charge is -2.19. The van der Waals surface area contributed by atoms with Crippen LogP contribution in [0.4, 0.5) is 22.8 Å². The van der Waals surface area contributed by atoms with Crippen molar-refractivity contribution in [2.75, 3.05) is 13.2 Å². The van der Waals surface area contributed by atoms with Gasteiger partial charge < -0.3 is 28.1 Å². The normalized spacial score (nSPS) is 12.1. The molecule has 3 aromatic rings. The van der Waals surface area contributed by atoms with Gasteiger partial charge in [-0.25, -0.2) is 9.59 Å². The molecule has 0 unspecified atom stereocenters. The van der Waals surface area contributed by atoms with Crippen molar-refractivity contribution in [3.05, 3.63) is 77.7 Å². The third kappa shape index (κ3) is 14.9. The molecule has 0 saturated carbocycles. The summed E-state index contributed by atoms with van der Waals surface area (Å²) in [4.78, 5) is 39.0. The summed E-state index contributed by atoms with van der Waals surface area (Å²) in [5.41, 5.74) is -0.685. The van der Waals surface area contributed by atoms with Gasteiger partial charge in [0, 0.05) is 36.6 Å². The van der Waals surface area contributed by atoms with Gasteiger partial charge in [-0.05, 0) is 109 Å². The molecule has 14 nitrogen and oxygen atoms in total. The minimum atomic E-state index is -5.13. The molecule has 17 heteroatoms. The summed E-state index contributed by atoms with van der Waals surface area (Å²) in [6.07, 6.45) is -2.10. The van der Waals surface area contributed by atoms with E-state index in [-0.39, 0.29) is 37.0 Å². The standard InChI is InChI=1S/C36H46F3N7O7/c1-34(2,3)52-32(48)42-28(40)24-10-14-26(15-11-24)50-22-8-7-18-45-20-21-46(31(45)44-30(47)36(37,38)39)19-9-23-51-27-16-12-25(13-17-27)29(41)43-33(49)53-35(4,5)6/h10-17,20-21H,7-9,18-19,22-23H2,1-6H3,(H2,40,42,48)(H2,41,43,49)/b44-31+. The molecule has 0 aliphatic heterocycles. The maximum Gasteiger partial charge on any atom is 0.473 e. The zero-order valence-corrected chi connectivity index (χ0v) is 30.6. The first kappa shape index (κ1) is 41.8. The number of rotatable bonds is 13. The van der Waals surface area contributed by atoms with Gasteiger partial charge in [-0.1, -0.05) is 0 Å². The van der Waals surface area contributed by atoms with Crippen molar-refractivity contribution in [1.29, 1.82) is 10.8 Å². The number of halogens is 3. The number of aromatic nitrogens is 2. The van der Waals surface area contributed by atoms with Crippen molar-refractivity contribution in [3.63, 3.8) is 0 Å². The summed E-state index contributed by atoms with van der Waals surface area (Å²) >= 11 is 0. The Hall–Kier alpha value is -5.61. The summed E-state index contributed by atoms with van der Waals surface area (Å²) in [7, 11) is 0. The number of nitrogens with one attached hydrogen (secondary N) is 4. The summed E-state index contributed by atoms with van der Waals surface area (Å²) in [5, 5.41) is 20.9. The van der Waals surface area contributed by atoms with Gasteiger partial charge in [0.2, 0.25) is 5.62 Å². The number of hydrogen-bond donors (Lipinski definition) is 4. The number of ether oxygens (including phenoxy) is 4. The Morgan fingerprint density at radius 2 is 1.06 bits per heavy atom. The smallest absolute Gasteiger partial charge is 0.473 e. The number of amidine groups is 2. The maximum absolute atomic E-state index is 13.1. The molecule has 0 atom stereocenters. The van der Waals surface area contributed by atoms with Crippen molar-refractivity contribution in [3.8, 4) is 11.5 Å². The van der Waals surface area contributed by atoms with E-state index in [0.717, 1.165) is 0 Å². The van der Waals surface area contributed by atoms with Gasteiger partial charge in [-0.3, -0.25) is 26.2 Å². The Morgan fingerprint density at radius 3 is 1.45 bits per heavy atom. The van der Waals surface area contributed by atoms with Gasteiger partial charge in [0.05, 0.1) is 13.2 Å². The molecule has 288 valence electrons. The van der Waals surface area contributed by atoms with E-state index in [0.29, 0.717) is 48.5 Å². The number of imidazole rings is 1. The quantitative estimate of drug-likeness (QED) is 0.0899. The first-order valence-corrected chi connectivity index (χ1v) is 16.8. The number of carbonyl (C=O) groups is 3. The van der Waals surface area contributed by atoms with Gasteiger partial charge in [-0.2, -0.15) is 18.2 Å². The number of hydrogen-bond acceptors (Lipinski definition) is 9. The number of alkyl carbamates (subject to hydrolysis) is 2. The number of aryl methyl sites for hydroxylation is 2. The number of benzene rings is 2. The predicted molar refractivity (Wildman–Crippen MR) is 189 cm³/mol. The SMILES string of the molecule is CC(C)(C)OC(=O)NC(=N)c1ccc(OCCCCn2ccn(CCCOc3ccc(C(=N)NC(=O)OC(C)(C)C)cc3)/c2=N/C(=O)C(F)(F)F)cc1. The zero-order chi connectivity index (χ0) is 39.4. The van der Waals surface area contributed by atoms with Crippen LogP contribution >= 0.6 is 0 Å². The lowest BCUT2D eigenvalue weighted by Crippen LogP contribution is -2.36. The Balaban J connectivity index is 1.50. The molecule has 0 aliphatic carbocycles. The van der Waals surface area contributed by atoms with Gasteiger partial charge in [0.15, 0.2) is 0 Å². The fourth-order valence-corrected chi connectivity index (χ4v) is 4.48. The summed E-state index contributed by atoms with van der Waals surface area (Å²) in [6.45, 7) is 11.3. The van der Waals surface area contributed by atoms with E-state index >= 15 is 0 Å². The van der Waals surface area contributed by atoms with Crippen LogP contribution in [0, 0.1) is 10.8 Å². The van der Waals surface area contributed by atoms with Crippen LogP contribution in [-0.4, -0.2) is 69.5 Å². The van der Waals surface area contributed by atoms with Gasteiger partial charge in [0.25, 0.3) is 0 Å². The van der Waals surface area contributed by atoms with E-state index in [4.69, 9.17) is 29.8 Å². The van der Waals surface area contributed by atoms with Crippen LogP contribution in [0.1, 0.15) is 71.9 Å². The second kappa shape index (κ2) is 18.2. The summed E-state index contributed by atoms with van der Waals surface area (Å²) < 4.78 is 64.1. The van der Waals surface area contributed by atoms with Crippen LogP contribution in [0.3, 0.4) is 0 Å². The van der Waals surface area contributed by atoms with Crippen LogP contribution in [-0.2, 0) is 27.4 Å². The number of nitrogens with zero attached hydrogens (tertiary/aromatic N) is 3. The molecule has 0 spiro atoms. The highest BCUT2D eigenvalue weighted by Gasteiger charge is 2.38. The minimum Gasteiger partial charge on any atom is -0.494 e. The largest absolute Gasteiger partial charge is 0.494 e. The van der Waals surface area contributed by atoms with Gasteiger partial charge in [0.1, 0.15) is 34.4 Å². The van der Waals surface area contributed by atoms with E-state index in [1.165, 1.54) is 9.13 Å². The predicted octanol–water partition coefficient (Wildman–Crippen LogP) is 6.31. The Labute approximate surface area is 305 Å². The van der Waals surface area contributed by atoms with Crippen LogP contribution < -0.4 is 25.7 Å². The second-order valence-corrected chi connectivity index (χ2v) is 13.7. The van der Waals surface area contributed by atoms with Crippen LogP contribution in [0.15, 0.2) is 65.9 Å². The second-order valence-electron chi connectivity index (χ2n) is 13.7. The fourth-order valence-electron chi connectivity index (χ4n) is 4.48. The van der Waals surface area contributed by atoms with Crippen molar-refractivity contribution in [2.45, 2.75) is 91.3 Å². The third-order valence-electron chi connectivity index (χ3n) is 6.80. The van der Waals surface area contributed by atoms with Crippen LogP contribution in [0.2, 0.25) is 0 Å². The molecule has 53 heavy (non-hydrogen) atoms. The Bertz CT molecular complexity index is 1800. The third-order valence-corrected chi connectivity index (χ3v) is 6.80. The highest BCUT2D eigenvalue weighted by molar-refractivity contribution is 6.05. The Kier molecular flexibility index (Phi) is 14.4. The average Bonchev–Trinajstić information content (AvgIpc) is 3.41. The molecule has 0 fully saturated rings. The summed E-state index contributed by atoms with van der Waals surface area (Å²) in [6, 6.07) is 12.9. The molecule has 1 aromatic heterocycles. The van der Waals surface area contributed by atoms with Crippen LogP contribution in [0.25, 0.3) is 0 Å². The number of amides is 3. The minimum absolute atomic E-state index is 0.132. The molecule has 1 heterocycles. The topological polar surface area (TPSA) is 182 Å². The first-order valence-electron chi connectivity index (χ1n) is 16.8. The average molecular weight is 746 g/mol. The van der Waals surface area contributed by atoms with E-state index in [9.17, 15) is 27.6 Å². The lowest BCUT2D eigenvalue weighted by molar-refractivity contribution is -0.169. The molecule has 0 bridgehead atoms. The molecule has 0 saturated heterocycles. The molecule has 0 radical (unpaired) electrons. The fraction of sp³-hybridized carbons (Fsp3) is 0.444. The van der Waals surface area contributed by atoms with Gasteiger partial charge >= 0.3 is 24.3 Å². The number of unbranched alkanes of at least 4 members (excludes halogenated alkanes) is 1. The number of alkyl halides is 3. The summed E-state index contributed by atoms with van der Waals surface area (Å²) in [5.74, 6) is -1.49. The highest BCUT2D eigenvalue weighted by Crippen LogP contribution is 2.17. The molecule has 4 N–H and O–H groups in total. The highest BCUT2D eigenvalue weighted by atomic mass is 19.4. The van der Waals surface area contributed by atoms with Crippen molar-refractivity contribution < 1.29 is 46.5 Å². The monoisotopic (exact) mass is 745 g/mol. The maximum atomic E-state index is 13.1. The van der Waals surface area contributed by atoms with E-state index < -0.39 is 35.5 Å². The van der Waals surface area contributed by atoms with Crippen molar-refractivity contribution in [2.24, 2.45) is 4.99 Å². The van der Waals surface area contributed by atoms with E-state index in [1.54, 1.807) is 102 Å². The zero-order valence-electron chi connectivity index (χ0n) is 30.6. The number of carbonyl (C=O) groups excluding carboxylic acids is 3. The van der Waals surface area contributed by atoms with Crippen molar-refractivity contribution in [1.82, 2.24) is 19.8 Å². The Morgan fingerprint density at radius 1 is 0.660 bits per heavy atom. The molecular weight excluding hydrogens is 699 g/mol. The lowest BCUT2D eigenvalue weighted by atomic mass is 10.2. The van der Waals surface area contributed by atoms with Crippen molar-refractivity contribution >= 4 is 29.8 Å². The molecule has 3 rings (SSSR count).